The Morgan fingerprint density at radius 2 is 2.00 bits per heavy atom. The van der Waals surface area contributed by atoms with Crippen LogP contribution in [0.3, 0.4) is 0 Å². The molecule has 0 aromatic rings. The van der Waals surface area contributed by atoms with E-state index in [1.807, 2.05) is 0 Å². The number of carbonyl (C=O) groups is 1. The van der Waals surface area contributed by atoms with E-state index in [9.17, 15) is 4.79 Å². The summed E-state index contributed by atoms with van der Waals surface area (Å²) < 4.78 is 0. The van der Waals surface area contributed by atoms with Gasteiger partial charge in [-0.25, -0.2) is 0 Å². The van der Waals surface area contributed by atoms with Crippen LogP contribution in [0.1, 0.15) is 45.4 Å². The van der Waals surface area contributed by atoms with Gasteiger partial charge in [-0.05, 0) is 38.0 Å². The van der Waals surface area contributed by atoms with Crippen molar-refractivity contribution in [3.8, 4) is 0 Å². The van der Waals surface area contributed by atoms with Crippen molar-refractivity contribution in [2.24, 2.45) is 17.6 Å². The van der Waals surface area contributed by atoms with Gasteiger partial charge >= 0.3 is 0 Å². The summed E-state index contributed by atoms with van der Waals surface area (Å²) in [4.78, 5) is 11.5. The maximum Gasteiger partial charge on any atom is 0.236 e. The smallest absolute Gasteiger partial charge is 0.236 e. The second-order valence-electron chi connectivity index (χ2n) is 5.26. The van der Waals surface area contributed by atoms with E-state index in [0.717, 1.165) is 18.3 Å². The normalized spacial score (nSPS) is 37.1. The molecule has 2 aliphatic carbocycles. The molecule has 3 nitrogen and oxygen atoms in total. The van der Waals surface area contributed by atoms with E-state index in [1.54, 1.807) is 6.92 Å². The van der Waals surface area contributed by atoms with Crippen LogP contribution in [0.15, 0.2) is 0 Å². The zero-order chi connectivity index (χ0) is 10.8. The number of hydrogen-bond acceptors (Lipinski definition) is 2. The molecule has 1 amide bonds. The molecule has 0 radical (unpaired) electrons. The number of fused-ring (bicyclic) bond motifs is 1. The van der Waals surface area contributed by atoms with Gasteiger partial charge in [0.2, 0.25) is 5.91 Å². The third-order valence-corrected chi connectivity index (χ3v) is 4.05. The van der Waals surface area contributed by atoms with Gasteiger partial charge < -0.3 is 11.1 Å². The SMILES string of the molecule is CC(N)C(=O)NC1CCC2CCCC2C1. The highest BCUT2D eigenvalue weighted by Crippen LogP contribution is 2.41. The van der Waals surface area contributed by atoms with Crippen LogP contribution in [0.5, 0.6) is 0 Å². The second kappa shape index (κ2) is 4.52. The Balaban J connectivity index is 1.82. The standard InChI is InChI=1S/C12H22N2O/c1-8(13)12(15)14-11-6-5-9-3-2-4-10(9)7-11/h8-11H,2-7,13H2,1H3,(H,14,15). The lowest BCUT2D eigenvalue weighted by molar-refractivity contribution is -0.123. The minimum atomic E-state index is -0.369. The highest BCUT2D eigenvalue weighted by Gasteiger charge is 2.34. The molecule has 3 heteroatoms. The number of nitrogens with two attached hydrogens (primary N) is 1. The summed E-state index contributed by atoms with van der Waals surface area (Å²) in [6.07, 6.45) is 7.81. The average Bonchev–Trinajstić information content (AvgIpc) is 2.64. The van der Waals surface area contributed by atoms with Crippen molar-refractivity contribution in [2.75, 3.05) is 0 Å². The summed E-state index contributed by atoms with van der Waals surface area (Å²) in [5, 5.41) is 3.07. The molecule has 2 rings (SSSR count). The Hall–Kier alpha value is -0.570. The first kappa shape index (κ1) is 10.9. The van der Waals surface area contributed by atoms with Crippen LogP contribution in [0.25, 0.3) is 0 Å². The Bertz CT molecular complexity index is 240. The predicted molar refractivity (Wildman–Crippen MR) is 60.3 cm³/mol. The molecule has 0 heterocycles. The van der Waals surface area contributed by atoms with Gasteiger partial charge in [-0.3, -0.25) is 4.79 Å². The molecule has 0 aliphatic heterocycles. The summed E-state index contributed by atoms with van der Waals surface area (Å²) in [5.74, 6) is 1.84. The van der Waals surface area contributed by atoms with E-state index in [0.29, 0.717) is 6.04 Å². The van der Waals surface area contributed by atoms with Crippen molar-refractivity contribution in [1.29, 1.82) is 0 Å². The molecule has 0 saturated heterocycles. The first-order valence-corrected chi connectivity index (χ1v) is 6.22. The van der Waals surface area contributed by atoms with Crippen LogP contribution in [0.2, 0.25) is 0 Å². The van der Waals surface area contributed by atoms with Gasteiger partial charge in [0.25, 0.3) is 0 Å². The molecule has 3 N–H and O–H groups in total. The summed E-state index contributed by atoms with van der Waals surface area (Å²) in [7, 11) is 0. The topological polar surface area (TPSA) is 55.1 Å². The monoisotopic (exact) mass is 210 g/mol. The van der Waals surface area contributed by atoms with E-state index in [1.165, 1.54) is 32.1 Å². The van der Waals surface area contributed by atoms with Gasteiger partial charge in [0.1, 0.15) is 0 Å². The molecule has 2 fully saturated rings. The van der Waals surface area contributed by atoms with Crippen molar-refractivity contribution in [1.82, 2.24) is 5.32 Å². The average molecular weight is 210 g/mol. The lowest BCUT2D eigenvalue weighted by Crippen LogP contribution is -2.46. The molecule has 15 heavy (non-hydrogen) atoms. The predicted octanol–water partition coefficient (Wildman–Crippen LogP) is 1.42. The quantitative estimate of drug-likeness (QED) is 0.724. The largest absolute Gasteiger partial charge is 0.352 e. The van der Waals surface area contributed by atoms with Crippen molar-refractivity contribution < 1.29 is 4.79 Å². The maximum atomic E-state index is 11.5. The van der Waals surface area contributed by atoms with Gasteiger partial charge in [-0.15, -0.1) is 0 Å². The number of amides is 1. The van der Waals surface area contributed by atoms with E-state index < -0.39 is 0 Å². The van der Waals surface area contributed by atoms with Gasteiger partial charge in [-0.2, -0.15) is 0 Å². The molecule has 2 saturated carbocycles. The Morgan fingerprint density at radius 3 is 2.73 bits per heavy atom. The van der Waals surface area contributed by atoms with Crippen LogP contribution in [0.4, 0.5) is 0 Å². The first-order valence-electron chi connectivity index (χ1n) is 6.22. The zero-order valence-corrected chi connectivity index (χ0v) is 9.54. The van der Waals surface area contributed by atoms with Crippen molar-refractivity contribution in [3.05, 3.63) is 0 Å². The van der Waals surface area contributed by atoms with Gasteiger partial charge in [0.15, 0.2) is 0 Å². The van der Waals surface area contributed by atoms with E-state index in [-0.39, 0.29) is 11.9 Å². The summed E-state index contributed by atoms with van der Waals surface area (Å²) in [5.41, 5.74) is 5.55. The first-order chi connectivity index (χ1) is 7.16. The summed E-state index contributed by atoms with van der Waals surface area (Å²) in [6.45, 7) is 1.75. The highest BCUT2D eigenvalue weighted by atomic mass is 16.2. The fourth-order valence-electron chi connectivity index (χ4n) is 3.17. The third-order valence-electron chi connectivity index (χ3n) is 4.05. The van der Waals surface area contributed by atoms with Crippen LogP contribution in [-0.4, -0.2) is 18.0 Å². The molecule has 0 aromatic carbocycles. The molecule has 0 aromatic heterocycles. The van der Waals surface area contributed by atoms with Crippen LogP contribution < -0.4 is 11.1 Å². The molecule has 0 spiro atoms. The third kappa shape index (κ3) is 2.51. The summed E-state index contributed by atoms with van der Waals surface area (Å²) >= 11 is 0. The fourth-order valence-corrected chi connectivity index (χ4v) is 3.17. The minimum Gasteiger partial charge on any atom is -0.352 e. The Kier molecular flexibility index (Phi) is 3.29. The minimum absolute atomic E-state index is 0.0106. The molecular formula is C12H22N2O. The molecule has 4 atom stereocenters. The van der Waals surface area contributed by atoms with Crippen molar-refractivity contribution in [3.63, 3.8) is 0 Å². The van der Waals surface area contributed by atoms with Gasteiger partial charge in [0, 0.05) is 6.04 Å². The molecule has 86 valence electrons. The second-order valence-corrected chi connectivity index (χ2v) is 5.26. The Morgan fingerprint density at radius 1 is 1.27 bits per heavy atom. The molecule has 0 bridgehead atoms. The maximum absolute atomic E-state index is 11.5. The van der Waals surface area contributed by atoms with E-state index in [2.05, 4.69) is 5.32 Å². The van der Waals surface area contributed by atoms with Crippen molar-refractivity contribution >= 4 is 5.91 Å². The number of nitrogens with one attached hydrogen (secondary N) is 1. The fraction of sp³-hybridized carbons (Fsp3) is 0.917. The molecule has 2 aliphatic rings. The van der Waals surface area contributed by atoms with Gasteiger partial charge in [0.05, 0.1) is 6.04 Å². The Labute approximate surface area is 91.8 Å². The highest BCUT2D eigenvalue weighted by molar-refractivity contribution is 5.81. The summed E-state index contributed by atoms with van der Waals surface area (Å²) in [6, 6.07) is 0.0224. The van der Waals surface area contributed by atoms with Crippen LogP contribution >= 0.6 is 0 Å². The van der Waals surface area contributed by atoms with E-state index >= 15 is 0 Å². The van der Waals surface area contributed by atoms with Crippen molar-refractivity contribution in [2.45, 2.75) is 57.5 Å². The lowest BCUT2D eigenvalue weighted by Gasteiger charge is -2.32. The zero-order valence-electron chi connectivity index (χ0n) is 9.54. The number of carbonyl (C=O) groups excluding carboxylic acids is 1. The number of hydrogen-bond donors (Lipinski definition) is 2. The molecule has 4 unspecified atom stereocenters. The van der Waals surface area contributed by atoms with Crippen LogP contribution in [0, 0.1) is 11.8 Å². The number of rotatable bonds is 2. The van der Waals surface area contributed by atoms with Gasteiger partial charge in [-0.1, -0.05) is 19.3 Å². The van der Waals surface area contributed by atoms with E-state index in [4.69, 9.17) is 5.73 Å². The lowest BCUT2D eigenvalue weighted by atomic mass is 9.79. The molecular weight excluding hydrogens is 188 g/mol. The van der Waals surface area contributed by atoms with Crippen LogP contribution in [-0.2, 0) is 4.79 Å².